The molecule has 5 rings (SSSR count). The fourth-order valence-electron chi connectivity index (χ4n) is 6.26. The lowest BCUT2D eigenvalue weighted by molar-refractivity contribution is -0.137. The number of likely N-dealkylation sites (tertiary alicyclic amines) is 2. The predicted octanol–water partition coefficient (Wildman–Crippen LogP) is 2.77. The minimum absolute atomic E-state index is 0.0334. The number of carboxylic acids is 1. The first kappa shape index (κ1) is 20.2. The lowest BCUT2D eigenvalue weighted by Crippen LogP contribution is -2.65. The Balaban J connectivity index is 1.47. The molecule has 2 aliphatic carbocycles. The molecule has 0 aromatic heterocycles. The van der Waals surface area contributed by atoms with E-state index in [0.717, 1.165) is 0 Å². The molecule has 2 unspecified atom stereocenters. The van der Waals surface area contributed by atoms with Gasteiger partial charge in [0.2, 0.25) is 0 Å². The van der Waals surface area contributed by atoms with Crippen molar-refractivity contribution in [2.75, 3.05) is 26.7 Å². The van der Waals surface area contributed by atoms with Crippen LogP contribution in [0.3, 0.4) is 0 Å². The van der Waals surface area contributed by atoms with Crippen molar-refractivity contribution in [2.24, 2.45) is 22.2 Å². The molecule has 0 aromatic rings. The Morgan fingerprint density at radius 3 is 2.63 bits per heavy atom. The molecule has 0 aromatic carbocycles. The summed E-state index contributed by atoms with van der Waals surface area (Å²) in [5.74, 6) is -2.71. The lowest BCUT2D eigenvalue weighted by Gasteiger charge is -2.52. The van der Waals surface area contributed by atoms with E-state index in [9.17, 15) is 9.18 Å². The summed E-state index contributed by atoms with van der Waals surface area (Å²) in [6.07, 6.45) is -0.663. The molecule has 166 valence electrons. The van der Waals surface area contributed by atoms with Crippen molar-refractivity contribution in [3.8, 4) is 0 Å². The average Bonchev–Trinajstić information content (AvgIpc) is 3.01. The standard InChI is InChI=1S/C21H29F3N4O2/c1-11-15(22)9-28(11)19-25-18(12-5-4-6-21(23,24)17(12)26(19)3)27-8-14-13(7-16(29)30)20(14,2)10-27/h11,13-15,19H,4-10H2,1-3H3,(H,29,30)/t11-,13-,14-,15?,19?,20+/m1/s1. The Kier molecular flexibility index (Phi) is 4.28. The van der Waals surface area contributed by atoms with Crippen LogP contribution in [0.1, 0.15) is 39.5 Å². The van der Waals surface area contributed by atoms with Gasteiger partial charge in [0.25, 0.3) is 5.92 Å². The van der Waals surface area contributed by atoms with Crippen LogP contribution in [0.5, 0.6) is 0 Å². The van der Waals surface area contributed by atoms with Crippen molar-refractivity contribution in [1.29, 1.82) is 0 Å². The number of nitrogens with zero attached hydrogens (tertiary/aromatic N) is 4. The normalized spacial score (nSPS) is 42.5. The molecule has 2 saturated heterocycles. The van der Waals surface area contributed by atoms with E-state index in [2.05, 4.69) is 11.8 Å². The lowest BCUT2D eigenvalue weighted by atomic mass is 9.89. The molecule has 3 fully saturated rings. The fraction of sp³-hybridized carbons (Fsp3) is 0.810. The zero-order chi connectivity index (χ0) is 21.6. The monoisotopic (exact) mass is 426 g/mol. The zero-order valence-electron chi connectivity index (χ0n) is 17.6. The molecule has 30 heavy (non-hydrogen) atoms. The van der Waals surface area contributed by atoms with Crippen LogP contribution in [0.4, 0.5) is 13.2 Å². The first-order valence-electron chi connectivity index (χ1n) is 10.8. The van der Waals surface area contributed by atoms with Crippen LogP contribution < -0.4 is 0 Å². The van der Waals surface area contributed by atoms with Crippen LogP contribution in [0.2, 0.25) is 0 Å². The molecule has 0 bridgehead atoms. The highest BCUT2D eigenvalue weighted by Gasteiger charge is 2.66. The summed E-state index contributed by atoms with van der Waals surface area (Å²) in [5, 5.41) is 9.16. The number of aliphatic carboxylic acids is 1. The van der Waals surface area contributed by atoms with E-state index >= 15 is 8.78 Å². The summed E-state index contributed by atoms with van der Waals surface area (Å²) < 4.78 is 43.9. The fourth-order valence-corrected chi connectivity index (χ4v) is 6.26. The van der Waals surface area contributed by atoms with Crippen molar-refractivity contribution in [1.82, 2.24) is 14.7 Å². The molecular weight excluding hydrogens is 397 g/mol. The summed E-state index contributed by atoms with van der Waals surface area (Å²) in [5.41, 5.74) is 0.534. The van der Waals surface area contributed by atoms with Crippen molar-refractivity contribution in [2.45, 2.75) is 64.0 Å². The number of halogens is 3. The van der Waals surface area contributed by atoms with Gasteiger partial charge < -0.3 is 14.9 Å². The summed E-state index contributed by atoms with van der Waals surface area (Å²) in [4.78, 5) is 21.5. The largest absolute Gasteiger partial charge is 0.481 e. The van der Waals surface area contributed by atoms with Crippen LogP contribution in [-0.2, 0) is 4.79 Å². The van der Waals surface area contributed by atoms with Gasteiger partial charge in [-0.2, -0.15) is 8.78 Å². The highest BCUT2D eigenvalue weighted by atomic mass is 19.3. The third kappa shape index (κ3) is 2.73. The Labute approximate surface area is 174 Å². The van der Waals surface area contributed by atoms with Crippen LogP contribution >= 0.6 is 0 Å². The summed E-state index contributed by atoms with van der Waals surface area (Å²) in [6, 6.07) is -0.355. The summed E-state index contributed by atoms with van der Waals surface area (Å²) in [6.45, 7) is 5.33. The minimum Gasteiger partial charge on any atom is -0.481 e. The van der Waals surface area contributed by atoms with Crippen molar-refractivity contribution >= 4 is 11.8 Å². The number of hydrogen-bond donors (Lipinski definition) is 1. The van der Waals surface area contributed by atoms with Crippen LogP contribution in [-0.4, -0.2) is 82.7 Å². The molecular formula is C21H29F3N4O2. The second-order valence-corrected chi connectivity index (χ2v) is 9.95. The Morgan fingerprint density at radius 2 is 2.07 bits per heavy atom. The van der Waals surface area contributed by atoms with Crippen molar-refractivity contribution in [3.05, 3.63) is 11.3 Å². The Bertz CT molecular complexity index is 846. The zero-order valence-corrected chi connectivity index (χ0v) is 17.6. The van der Waals surface area contributed by atoms with E-state index in [1.807, 2.05) is 4.90 Å². The van der Waals surface area contributed by atoms with Gasteiger partial charge in [0.15, 0.2) is 6.29 Å². The molecule has 3 aliphatic heterocycles. The van der Waals surface area contributed by atoms with Gasteiger partial charge >= 0.3 is 5.97 Å². The van der Waals surface area contributed by atoms with E-state index in [-0.39, 0.29) is 48.4 Å². The van der Waals surface area contributed by atoms with Gasteiger partial charge in [0.1, 0.15) is 12.0 Å². The van der Waals surface area contributed by atoms with Crippen LogP contribution in [0, 0.1) is 17.3 Å². The smallest absolute Gasteiger partial charge is 0.303 e. The quantitative estimate of drug-likeness (QED) is 0.752. The van der Waals surface area contributed by atoms with E-state index in [4.69, 9.17) is 10.1 Å². The summed E-state index contributed by atoms with van der Waals surface area (Å²) >= 11 is 0. The number of alkyl halides is 3. The first-order valence-corrected chi connectivity index (χ1v) is 10.8. The number of piperidine rings is 1. The highest BCUT2D eigenvalue weighted by molar-refractivity contribution is 6.00. The highest BCUT2D eigenvalue weighted by Crippen LogP contribution is 2.64. The molecule has 3 heterocycles. The number of carboxylic acid groups (broad SMARTS) is 1. The molecule has 1 N–H and O–H groups in total. The number of fused-ring (bicyclic) bond motifs is 1. The average molecular weight is 426 g/mol. The van der Waals surface area contributed by atoms with E-state index in [1.54, 1.807) is 18.9 Å². The third-order valence-electron chi connectivity index (χ3n) is 8.20. The van der Waals surface area contributed by atoms with Gasteiger partial charge in [-0.15, -0.1) is 0 Å². The molecule has 0 spiro atoms. The predicted molar refractivity (Wildman–Crippen MR) is 105 cm³/mol. The van der Waals surface area contributed by atoms with Gasteiger partial charge in [-0.05, 0) is 37.0 Å². The molecule has 6 nitrogen and oxygen atoms in total. The van der Waals surface area contributed by atoms with Gasteiger partial charge in [-0.25, -0.2) is 9.38 Å². The minimum atomic E-state index is -2.93. The maximum absolute atomic E-state index is 15.0. The maximum Gasteiger partial charge on any atom is 0.303 e. The molecule has 6 atom stereocenters. The van der Waals surface area contributed by atoms with Gasteiger partial charge in [-0.3, -0.25) is 9.69 Å². The Morgan fingerprint density at radius 1 is 1.33 bits per heavy atom. The number of rotatable bonds is 3. The number of carbonyl (C=O) groups is 1. The molecule has 1 saturated carbocycles. The van der Waals surface area contributed by atoms with E-state index < -0.39 is 24.4 Å². The second-order valence-electron chi connectivity index (χ2n) is 9.95. The Hall–Kier alpha value is -1.77. The number of hydrogen-bond acceptors (Lipinski definition) is 5. The van der Waals surface area contributed by atoms with Crippen molar-refractivity contribution in [3.63, 3.8) is 0 Å². The topological polar surface area (TPSA) is 59.4 Å². The summed E-state index contributed by atoms with van der Waals surface area (Å²) in [7, 11) is 1.64. The van der Waals surface area contributed by atoms with Crippen LogP contribution in [0.15, 0.2) is 16.3 Å². The van der Waals surface area contributed by atoms with Gasteiger partial charge in [0, 0.05) is 51.1 Å². The SMILES string of the molecule is C[C@@H]1C(F)CN1C1N=C(N2C[C@@H]3[C@@H](CC(=O)O)[C@]3(C)C2)C2=C(N1C)C(F)(F)CCC2. The number of aliphatic imine (C=N–C) groups is 1. The van der Waals surface area contributed by atoms with Gasteiger partial charge in [0.05, 0.1) is 5.70 Å². The molecule has 0 radical (unpaired) electrons. The molecule has 5 aliphatic rings. The second kappa shape index (κ2) is 6.37. The molecule has 9 heteroatoms. The van der Waals surface area contributed by atoms with Gasteiger partial charge in [-0.1, -0.05) is 6.92 Å². The first-order chi connectivity index (χ1) is 14.0. The third-order valence-corrected chi connectivity index (χ3v) is 8.20. The number of allylic oxidation sites excluding steroid dienone is 1. The van der Waals surface area contributed by atoms with Crippen molar-refractivity contribution < 1.29 is 23.1 Å². The number of amidine groups is 1. The molecule has 0 amide bonds. The van der Waals surface area contributed by atoms with E-state index in [0.29, 0.717) is 37.3 Å². The van der Waals surface area contributed by atoms with Crippen LogP contribution in [0.25, 0.3) is 0 Å². The van der Waals surface area contributed by atoms with E-state index in [1.165, 1.54) is 0 Å². The maximum atomic E-state index is 15.0.